The summed E-state index contributed by atoms with van der Waals surface area (Å²) in [7, 11) is 0. The smallest absolute Gasteiger partial charge is 0.348 e. The highest BCUT2D eigenvalue weighted by Crippen LogP contribution is 2.43. The van der Waals surface area contributed by atoms with E-state index in [1.54, 1.807) is 0 Å². The number of aromatic carboxylic acids is 1. The monoisotopic (exact) mass is 457 g/mol. The van der Waals surface area contributed by atoms with Gasteiger partial charge in [-0.2, -0.15) is 0 Å². The SMILES string of the molecule is CC1CCCC=C1c1cc(N(C(=O)[C@H]2CC[C@H](C)CC2)C2CCC(=O)CC2)c(C(=O)O)s1. The van der Waals surface area contributed by atoms with Crippen LogP contribution in [0.5, 0.6) is 0 Å². The number of hydrogen-bond acceptors (Lipinski definition) is 4. The standard InChI is InChI=1S/C26H35NO4S/c1-16-7-9-18(10-8-16)25(29)27(19-11-13-20(28)14-12-19)22-15-23(32-24(22)26(30)31)21-6-4-3-5-17(21)2/h6,15-19H,3-5,7-14H2,1-2H3,(H,30,31)/t16-,17?,18-. The zero-order valence-electron chi connectivity index (χ0n) is 19.3. The Balaban J connectivity index is 1.72. The van der Waals surface area contributed by atoms with Crippen molar-refractivity contribution in [1.29, 1.82) is 0 Å². The highest BCUT2D eigenvalue weighted by atomic mass is 32.1. The van der Waals surface area contributed by atoms with E-state index in [4.69, 9.17) is 0 Å². The first-order valence-electron chi connectivity index (χ1n) is 12.3. The van der Waals surface area contributed by atoms with Gasteiger partial charge in [0.25, 0.3) is 0 Å². The highest BCUT2D eigenvalue weighted by Gasteiger charge is 2.37. The molecule has 1 unspecified atom stereocenters. The van der Waals surface area contributed by atoms with Crippen LogP contribution >= 0.6 is 11.3 Å². The Bertz CT molecular complexity index is 899. The van der Waals surface area contributed by atoms with Crippen LogP contribution in [-0.4, -0.2) is 28.8 Å². The summed E-state index contributed by atoms with van der Waals surface area (Å²) < 4.78 is 0. The molecule has 1 atom stereocenters. The van der Waals surface area contributed by atoms with Gasteiger partial charge in [-0.05, 0) is 81.3 Å². The summed E-state index contributed by atoms with van der Waals surface area (Å²) in [6, 6.07) is 1.86. The molecule has 2 fully saturated rings. The molecule has 1 aromatic heterocycles. The zero-order chi connectivity index (χ0) is 22.8. The number of nitrogens with zero attached hydrogens (tertiary/aromatic N) is 1. The quantitative estimate of drug-likeness (QED) is 0.561. The number of anilines is 1. The number of carbonyl (C=O) groups is 3. The first-order valence-corrected chi connectivity index (χ1v) is 13.1. The predicted molar refractivity (Wildman–Crippen MR) is 128 cm³/mol. The number of Topliss-reactive ketones (excluding diaryl/α,β-unsaturated/α-hetero) is 1. The molecule has 6 heteroatoms. The van der Waals surface area contributed by atoms with Crippen LogP contribution in [0.1, 0.15) is 99.0 Å². The molecule has 3 aliphatic carbocycles. The number of ketones is 1. The molecule has 1 amide bonds. The van der Waals surface area contributed by atoms with Crippen molar-refractivity contribution < 1.29 is 19.5 Å². The van der Waals surface area contributed by atoms with E-state index in [2.05, 4.69) is 19.9 Å². The van der Waals surface area contributed by atoms with E-state index in [-0.39, 0.29) is 28.5 Å². The van der Waals surface area contributed by atoms with Crippen LogP contribution in [0.3, 0.4) is 0 Å². The van der Waals surface area contributed by atoms with Crippen molar-refractivity contribution in [2.45, 2.75) is 90.5 Å². The van der Waals surface area contributed by atoms with E-state index in [9.17, 15) is 19.5 Å². The highest BCUT2D eigenvalue weighted by molar-refractivity contribution is 7.15. The maximum Gasteiger partial charge on any atom is 0.348 e. The molecule has 1 N–H and O–H groups in total. The lowest BCUT2D eigenvalue weighted by Crippen LogP contribution is -2.46. The minimum atomic E-state index is -0.970. The summed E-state index contributed by atoms with van der Waals surface area (Å²) in [5, 5.41) is 10.1. The van der Waals surface area contributed by atoms with Crippen molar-refractivity contribution in [1.82, 2.24) is 0 Å². The van der Waals surface area contributed by atoms with Crippen LogP contribution < -0.4 is 4.90 Å². The molecule has 2 saturated carbocycles. The first kappa shape index (κ1) is 23.2. The van der Waals surface area contributed by atoms with Crippen molar-refractivity contribution in [3.8, 4) is 0 Å². The first-order chi connectivity index (χ1) is 15.3. The van der Waals surface area contributed by atoms with E-state index in [1.165, 1.54) is 16.9 Å². The van der Waals surface area contributed by atoms with Gasteiger partial charge >= 0.3 is 5.97 Å². The van der Waals surface area contributed by atoms with Crippen LogP contribution in [0.25, 0.3) is 5.57 Å². The molecular weight excluding hydrogens is 422 g/mol. The number of carboxylic acid groups (broad SMARTS) is 1. The second kappa shape index (κ2) is 9.90. The van der Waals surface area contributed by atoms with Crippen molar-refractivity contribution in [2.75, 3.05) is 4.90 Å². The summed E-state index contributed by atoms with van der Waals surface area (Å²) in [4.78, 5) is 41.1. The third kappa shape index (κ3) is 4.85. The van der Waals surface area contributed by atoms with E-state index in [0.29, 0.717) is 43.2 Å². The van der Waals surface area contributed by atoms with Crippen LogP contribution in [-0.2, 0) is 9.59 Å². The maximum atomic E-state index is 13.8. The Morgan fingerprint density at radius 1 is 1.03 bits per heavy atom. The average Bonchev–Trinajstić information content (AvgIpc) is 3.21. The fourth-order valence-corrected chi connectivity index (χ4v) is 6.76. The summed E-state index contributed by atoms with van der Waals surface area (Å²) >= 11 is 1.31. The topological polar surface area (TPSA) is 74.7 Å². The number of carboxylic acids is 1. The van der Waals surface area contributed by atoms with E-state index in [1.807, 2.05) is 11.0 Å². The predicted octanol–water partition coefficient (Wildman–Crippen LogP) is 6.32. The summed E-state index contributed by atoms with van der Waals surface area (Å²) in [6.07, 6.45) is 11.5. The molecule has 0 saturated heterocycles. The largest absolute Gasteiger partial charge is 0.477 e. The molecule has 5 nitrogen and oxygen atoms in total. The van der Waals surface area contributed by atoms with E-state index >= 15 is 0 Å². The Kier molecular flexibility index (Phi) is 7.18. The Labute approximate surface area is 194 Å². The van der Waals surface area contributed by atoms with Crippen LogP contribution in [0, 0.1) is 17.8 Å². The molecule has 0 bridgehead atoms. The molecule has 3 aliphatic rings. The van der Waals surface area contributed by atoms with Crippen LogP contribution in [0.4, 0.5) is 5.69 Å². The van der Waals surface area contributed by atoms with Gasteiger partial charge in [0.15, 0.2) is 0 Å². The van der Waals surface area contributed by atoms with Gasteiger partial charge in [0.1, 0.15) is 10.7 Å². The lowest BCUT2D eigenvalue weighted by atomic mass is 9.81. The fraction of sp³-hybridized carbons (Fsp3) is 0.654. The molecular formula is C26H35NO4S. The van der Waals surface area contributed by atoms with Gasteiger partial charge in [0.05, 0.1) is 5.69 Å². The molecule has 1 heterocycles. The van der Waals surface area contributed by atoms with Crippen LogP contribution in [0.15, 0.2) is 12.1 Å². The van der Waals surface area contributed by atoms with Gasteiger partial charge in [-0.3, -0.25) is 9.59 Å². The van der Waals surface area contributed by atoms with Gasteiger partial charge in [-0.15, -0.1) is 11.3 Å². The number of thiophene rings is 1. The lowest BCUT2D eigenvalue weighted by molar-refractivity contribution is -0.125. The summed E-state index contributed by atoms with van der Waals surface area (Å²) in [5.74, 6) is 0.318. The number of rotatable bonds is 5. The minimum Gasteiger partial charge on any atom is -0.477 e. The summed E-state index contributed by atoms with van der Waals surface area (Å²) in [5.41, 5.74) is 1.77. The van der Waals surface area contributed by atoms with Crippen molar-refractivity contribution >= 4 is 40.3 Å². The summed E-state index contributed by atoms with van der Waals surface area (Å²) in [6.45, 7) is 4.43. The van der Waals surface area contributed by atoms with Crippen molar-refractivity contribution in [3.63, 3.8) is 0 Å². The second-order valence-electron chi connectivity index (χ2n) is 10.1. The molecule has 0 spiro atoms. The third-order valence-corrected chi connectivity index (χ3v) is 8.83. The lowest BCUT2D eigenvalue weighted by Gasteiger charge is -2.37. The molecule has 32 heavy (non-hydrogen) atoms. The third-order valence-electron chi connectivity index (χ3n) is 7.67. The Hall–Kier alpha value is -1.95. The Morgan fingerprint density at radius 3 is 2.34 bits per heavy atom. The fourth-order valence-electron chi connectivity index (χ4n) is 5.62. The average molecular weight is 458 g/mol. The molecule has 0 radical (unpaired) electrons. The van der Waals surface area contributed by atoms with Gasteiger partial charge in [0.2, 0.25) is 5.91 Å². The molecule has 4 rings (SSSR count). The molecule has 174 valence electrons. The maximum absolute atomic E-state index is 13.8. The molecule has 1 aromatic rings. The van der Waals surface area contributed by atoms with E-state index in [0.717, 1.165) is 49.8 Å². The number of allylic oxidation sites excluding steroid dienone is 2. The zero-order valence-corrected chi connectivity index (χ0v) is 20.1. The van der Waals surface area contributed by atoms with Gasteiger partial charge in [-0.25, -0.2) is 4.79 Å². The Morgan fingerprint density at radius 2 is 1.72 bits per heavy atom. The van der Waals surface area contributed by atoms with E-state index < -0.39 is 5.97 Å². The second-order valence-corrected chi connectivity index (χ2v) is 11.1. The van der Waals surface area contributed by atoms with Gasteiger partial charge < -0.3 is 10.0 Å². The van der Waals surface area contributed by atoms with Gasteiger partial charge in [-0.1, -0.05) is 19.9 Å². The molecule has 0 aliphatic heterocycles. The van der Waals surface area contributed by atoms with Crippen molar-refractivity contribution in [3.05, 3.63) is 21.9 Å². The number of amides is 1. The van der Waals surface area contributed by atoms with Gasteiger partial charge in [0, 0.05) is 29.7 Å². The van der Waals surface area contributed by atoms with Crippen LogP contribution in [0.2, 0.25) is 0 Å². The molecule has 0 aromatic carbocycles. The normalized spacial score (nSPS) is 27.1. The van der Waals surface area contributed by atoms with Crippen molar-refractivity contribution in [2.24, 2.45) is 17.8 Å². The number of carbonyl (C=O) groups excluding carboxylic acids is 2. The number of hydrogen-bond donors (Lipinski definition) is 1. The minimum absolute atomic E-state index is 0.0540.